The van der Waals surface area contributed by atoms with Crippen molar-refractivity contribution in [1.29, 1.82) is 0 Å². The molecular weight excluding hydrogens is 241 g/mol. The second-order valence-corrected chi connectivity index (χ2v) is 4.60. The molecule has 19 heavy (non-hydrogen) atoms. The van der Waals surface area contributed by atoms with Gasteiger partial charge in [0.25, 0.3) is 0 Å². The van der Waals surface area contributed by atoms with E-state index in [4.69, 9.17) is 5.73 Å². The van der Waals surface area contributed by atoms with Crippen LogP contribution in [0.3, 0.4) is 0 Å². The number of hydrogen-bond donors (Lipinski definition) is 1. The zero-order chi connectivity index (χ0) is 13.8. The first-order valence-corrected chi connectivity index (χ1v) is 6.22. The minimum Gasteiger partial charge on any atom is -0.355 e. The average molecular weight is 259 g/mol. The number of rotatable bonds is 4. The predicted molar refractivity (Wildman–Crippen MR) is 75.4 cm³/mol. The number of halogens is 1. The van der Waals surface area contributed by atoms with E-state index in [1.54, 1.807) is 6.07 Å². The molecule has 1 heterocycles. The molecule has 2 N–H and O–H groups in total. The largest absolute Gasteiger partial charge is 0.355 e. The van der Waals surface area contributed by atoms with E-state index >= 15 is 0 Å². The van der Waals surface area contributed by atoms with Crippen molar-refractivity contribution in [1.82, 2.24) is 4.98 Å². The Balaban J connectivity index is 2.15. The monoisotopic (exact) mass is 259 g/mol. The lowest BCUT2D eigenvalue weighted by molar-refractivity contribution is 0.625. The summed E-state index contributed by atoms with van der Waals surface area (Å²) in [6.07, 6.45) is 0. The number of anilines is 1. The molecule has 0 saturated heterocycles. The van der Waals surface area contributed by atoms with Gasteiger partial charge in [-0.15, -0.1) is 0 Å². The van der Waals surface area contributed by atoms with Crippen LogP contribution in [-0.2, 0) is 13.1 Å². The van der Waals surface area contributed by atoms with Crippen LogP contribution >= 0.6 is 0 Å². The van der Waals surface area contributed by atoms with Crippen LogP contribution in [0.2, 0.25) is 0 Å². The van der Waals surface area contributed by atoms with Gasteiger partial charge in [0.2, 0.25) is 0 Å². The molecule has 1 aromatic heterocycles. The van der Waals surface area contributed by atoms with Crippen molar-refractivity contribution < 1.29 is 4.39 Å². The van der Waals surface area contributed by atoms with Gasteiger partial charge < -0.3 is 10.6 Å². The number of aryl methyl sites for hydroxylation is 1. The molecule has 4 heteroatoms. The lowest BCUT2D eigenvalue weighted by Crippen LogP contribution is -2.18. The van der Waals surface area contributed by atoms with Crippen LogP contribution in [-0.4, -0.2) is 12.0 Å². The van der Waals surface area contributed by atoms with Crippen molar-refractivity contribution in [3.05, 3.63) is 59.0 Å². The third kappa shape index (κ3) is 3.29. The molecule has 0 spiro atoms. The fourth-order valence-electron chi connectivity index (χ4n) is 2.00. The van der Waals surface area contributed by atoms with E-state index < -0.39 is 0 Å². The molecule has 0 unspecified atom stereocenters. The molecule has 3 nitrogen and oxygen atoms in total. The fourth-order valence-corrected chi connectivity index (χ4v) is 2.00. The van der Waals surface area contributed by atoms with Crippen molar-refractivity contribution in [3.8, 4) is 0 Å². The summed E-state index contributed by atoms with van der Waals surface area (Å²) in [7, 11) is 1.94. The number of nitrogens with two attached hydrogens (primary N) is 1. The molecule has 0 atom stereocenters. The van der Waals surface area contributed by atoms with Crippen molar-refractivity contribution in [2.24, 2.45) is 5.73 Å². The number of benzene rings is 1. The van der Waals surface area contributed by atoms with Gasteiger partial charge in [-0.05, 0) is 36.2 Å². The summed E-state index contributed by atoms with van der Waals surface area (Å²) >= 11 is 0. The van der Waals surface area contributed by atoms with Gasteiger partial charge in [-0.3, -0.25) is 0 Å². The molecule has 100 valence electrons. The summed E-state index contributed by atoms with van der Waals surface area (Å²) < 4.78 is 13.1. The van der Waals surface area contributed by atoms with E-state index in [0.29, 0.717) is 13.1 Å². The van der Waals surface area contributed by atoms with Crippen molar-refractivity contribution in [2.45, 2.75) is 20.0 Å². The van der Waals surface area contributed by atoms with E-state index in [1.807, 2.05) is 37.1 Å². The Morgan fingerprint density at radius 2 is 2.05 bits per heavy atom. The van der Waals surface area contributed by atoms with Gasteiger partial charge in [-0.25, -0.2) is 9.37 Å². The summed E-state index contributed by atoms with van der Waals surface area (Å²) in [5, 5.41) is 0. The standard InChI is InChI=1S/C15H18FN3/c1-11-13(9-17)6-7-15(18-11)19(2)10-12-4-3-5-14(16)8-12/h3-8H,9-10,17H2,1-2H3. The number of aromatic nitrogens is 1. The molecule has 0 fully saturated rings. The van der Waals surface area contributed by atoms with Crippen molar-refractivity contribution in [2.75, 3.05) is 11.9 Å². The molecule has 2 rings (SSSR count). The van der Waals surface area contributed by atoms with Gasteiger partial charge in [0.15, 0.2) is 0 Å². The van der Waals surface area contributed by atoms with E-state index in [0.717, 1.165) is 22.6 Å². The van der Waals surface area contributed by atoms with E-state index in [1.165, 1.54) is 12.1 Å². The van der Waals surface area contributed by atoms with E-state index in [2.05, 4.69) is 4.98 Å². The lowest BCUT2D eigenvalue weighted by atomic mass is 10.2. The Bertz CT molecular complexity index is 569. The molecule has 0 bridgehead atoms. The zero-order valence-electron chi connectivity index (χ0n) is 11.2. The van der Waals surface area contributed by atoms with Crippen LogP contribution in [0.4, 0.5) is 10.2 Å². The molecule has 0 aliphatic carbocycles. The molecule has 0 saturated carbocycles. The highest BCUT2D eigenvalue weighted by Gasteiger charge is 2.06. The smallest absolute Gasteiger partial charge is 0.128 e. The van der Waals surface area contributed by atoms with Crippen LogP contribution in [0, 0.1) is 12.7 Å². The van der Waals surface area contributed by atoms with Crippen LogP contribution in [0.1, 0.15) is 16.8 Å². The highest BCUT2D eigenvalue weighted by atomic mass is 19.1. The third-order valence-electron chi connectivity index (χ3n) is 3.10. The number of hydrogen-bond acceptors (Lipinski definition) is 3. The minimum atomic E-state index is -0.214. The van der Waals surface area contributed by atoms with Gasteiger partial charge in [0.05, 0.1) is 0 Å². The van der Waals surface area contributed by atoms with Gasteiger partial charge in [-0.2, -0.15) is 0 Å². The summed E-state index contributed by atoms with van der Waals surface area (Å²) in [6, 6.07) is 10.5. The SMILES string of the molecule is Cc1nc(N(C)Cc2cccc(F)c2)ccc1CN. The molecule has 0 radical (unpaired) electrons. The van der Waals surface area contributed by atoms with E-state index in [-0.39, 0.29) is 5.82 Å². The van der Waals surface area contributed by atoms with Crippen LogP contribution < -0.4 is 10.6 Å². The van der Waals surface area contributed by atoms with Gasteiger partial charge in [0, 0.05) is 25.8 Å². The normalized spacial score (nSPS) is 10.5. The van der Waals surface area contributed by atoms with Crippen LogP contribution in [0.25, 0.3) is 0 Å². The molecule has 0 aliphatic rings. The number of nitrogens with zero attached hydrogens (tertiary/aromatic N) is 2. The number of pyridine rings is 1. The highest BCUT2D eigenvalue weighted by Crippen LogP contribution is 2.16. The second kappa shape index (κ2) is 5.80. The summed E-state index contributed by atoms with van der Waals surface area (Å²) in [5.41, 5.74) is 8.52. The summed E-state index contributed by atoms with van der Waals surface area (Å²) in [5.74, 6) is 0.646. The van der Waals surface area contributed by atoms with Crippen LogP contribution in [0.15, 0.2) is 36.4 Å². The maximum Gasteiger partial charge on any atom is 0.128 e. The van der Waals surface area contributed by atoms with Crippen molar-refractivity contribution >= 4 is 5.82 Å². The zero-order valence-corrected chi connectivity index (χ0v) is 11.2. The maximum atomic E-state index is 13.1. The molecule has 1 aromatic carbocycles. The first kappa shape index (κ1) is 13.5. The first-order valence-electron chi connectivity index (χ1n) is 6.22. The Hall–Kier alpha value is -1.94. The topological polar surface area (TPSA) is 42.2 Å². The third-order valence-corrected chi connectivity index (χ3v) is 3.10. The van der Waals surface area contributed by atoms with Gasteiger partial charge >= 0.3 is 0 Å². The van der Waals surface area contributed by atoms with E-state index in [9.17, 15) is 4.39 Å². The molecular formula is C15H18FN3. The first-order chi connectivity index (χ1) is 9.10. The van der Waals surface area contributed by atoms with Gasteiger partial charge in [-0.1, -0.05) is 18.2 Å². The van der Waals surface area contributed by atoms with Crippen LogP contribution in [0.5, 0.6) is 0 Å². The quantitative estimate of drug-likeness (QED) is 0.917. The molecule has 0 amide bonds. The Labute approximate surface area is 112 Å². The highest BCUT2D eigenvalue weighted by molar-refractivity contribution is 5.41. The minimum absolute atomic E-state index is 0.214. The molecule has 2 aromatic rings. The lowest BCUT2D eigenvalue weighted by Gasteiger charge is -2.19. The molecule has 0 aliphatic heterocycles. The summed E-state index contributed by atoms with van der Waals surface area (Å²) in [6.45, 7) is 3.06. The average Bonchev–Trinajstić information content (AvgIpc) is 2.38. The second-order valence-electron chi connectivity index (χ2n) is 4.60. The van der Waals surface area contributed by atoms with Gasteiger partial charge in [0.1, 0.15) is 11.6 Å². The Kier molecular flexibility index (Phi) is 4.12. The predicted octanol–water partition coefficient (Wildman–Crippen LogP) is 2.62. The Morgan fingerprint density at radius 3 is 2.68 bits per heavy atom. The summed E-state index contributed by atoms with van der Waals surface area (Å²) in [4.78, 5) is 6.50. The Morgan fingerprint density at radius 1 is 1.26 bits per heavy atom. The van der Waals surface area contributed by atoms with Crippen molar-refractivity contribution in [3.63, 3.8) is 0 Å². The fraction of sp³-hybridized carbons (Fsp3) is 0.267. The maximum absolute atomic E-state index is 13.1.